The largest absolute Gasteiger partial charge is 0.389 e. The molecule has 0 unspecified atom stereocenters. The molecule has 0 aliphatic heterocycles. The monoisotopic (exact) mass is 326 g/mol. The van der Waals surface area contributed by atoms with Gasteiger partial charge >= 0.3 is 0 Å². The summed E-state index contributed by atoms with van der Waals surface area (Å²) in [5.74, 6) is 0.820. The van der Waals surface area contributed by atoms with Crippen LogP contribution in [-0.2, 0) is 0 Å². The molecule has 1 aromatic rings. The van der Waals surface area contributed by atoms with Gasteiger partial charge in [-0.1, -0.05) is 31.5 Å². The van der Waals surface area contributed by atoms with Gasteiger partial charge in [-0.2, -0.15) is 0 Å². The van der Waals surface area contributed by atoms with Crippen LogP contribution < -0.4 is 11.1 Å². The average molecular weight is 327 g/mol. The van der Waals surface area contributed by atoms with Crippen molar-refractivity contribution in [2.45, 2.75) is 32.1 Å². The van der Waals surface area contributed by atoms with Gasteiger partial charge in [-0.15, -0.1) is 0 Å². The number of anilines is 1. The molecule has 1 saturated carbocycles. The summed E-state index contributed by atoms with van der Waals surface area (Å²) in [6.07, 6.45) is 6.88. The van der Waals surface area contributed by atoms with Gasteiger partial charge in [-0.25, -0.2) is 0 Å². The van der Waals surface area contributed by atoms with E-state index in [-0.39, 0.29) is 0 Å². The van der Waals surface area contributed by atoms with E-state index in [1.165, 1.54) is 32.1 Å². The first-order chi connectivity index (χ1) is 8.66. The van der Waals surface area contributed by atoms with Gasteiger partial charge in [0.25, 0.3) is 0 Å². The second-order valence-corrected chi connectivity index (χ2v) is 6.24. The lowest BCUT2D eigenvalue weighted by Crippen LogP contribution is -2.17. The molecule has 2 rings (SSSR count). The second-order valence-electron chi connectivity index (χ2n) is 4.94. The number of hydrogen-bond acceptors (Lipinski definition) is 2. The van der Waals surface area contributed by atoms with Crippen molar-refractivity contribution in [3.63, 3.8) is 0 Å². The summed E-state index contributed by atoms with van der Waals surface area (Å²) in [4.78, 5) is 0.439. The van der Waals surface area contributed by atoms with Gasteiger partial charge in [-0.05, 0) is 52.9 Å². The van der Waals surface area contributed by atoms with Gasteiger partial charge in [0.2, 0.25) is 0 Å². The average Bonchev–Trinajstić information content (AvgIpc) is 2.38. The minimum absolute atomic E-state index is 0.439. The van der Waals surface area contributed by atoms with E-state index in [1.807, 2.05) is 18.2 Å². The van der Waals surface area contributed by atoms with Crippen LogP contribution in [0.2, 0.25) is 0 Å². The van der Waals surface area contributed by atoms with Gasteiger partial charge in [-0.3, -0.25) is 0 Å². The van der Waals surface area contributed by atoms with Crippen molar-refractivity contribution in [3.8, 4) is 0 Å². The number of nitrogens with one attached hydrogen (secondary N) is 1. The molecule has 2 nitrogen and oxygen atoms in total. The molecule has 0 radical (unpaired) electrons. The molecule has 1 aliphatic carbocycles. The Morgan fingerprint density at radius 1 is 1.33 bits per heavy atom. The fraction of sp³-hybridized carbons (Fsp3) is 0.500. The maximum Gasteiger partial charge on any atom is 0.104 e. The molecule has 0 bridgehead atoms. The summed E-state index contributed by atoms with van der Waals surface area (Å²) < 4.78 is 1.03. The number of rotatable bonds is 4. The standard InChI is InChI=1S/C14H19BrN2S/c15-12-8-11(14(16)18)6-7-13(12)17-9-10-4-2-1-3-5-10/h6-8,10,17H,1-5,9H2,(H2,16,18). The summed E-state index contributed by atoms with van der Waals surface area (Å²) in [5, 5.41) is 3.52. The van der Waals surface area contributed by atoms with Crippen LogP contribution in [0.1, 0.15) is 37.7 Å². The number of thiocarbonyl (C=S) groups is 1. The van der Waals surface area contributed by atoms with Crippen LogP contribution >= 0.6 is 28.1 Å². The molecule has 0 saturated heterocycles. The van der Waals surface area contributed by atoms with E-state index in [2.05, 4.69) is 21.2 Å². The van der Waals surface area contributed by atoms with E-state index in [0.29, 0.717) is 4.99 Å². The molecule has 3 N–H and O–H groups in total. The molecular weight excluding hydrogens is 308 g/mol. The molecule has 1 aromatic carbocycles. The van der Waals surface area contributed by atoms with E-state index in [1.54, 1.807) is 0 Å². The topological polar surface area (TPSA) is 38.0 Å². The lowest BCUT2D eigenvalue weighted by atomic mass is 9.89. The van der Waals surface area contributed by atoms with Crippen molar-refractivity contribution >= 4 is 38.8 Å². The van der Waals surface area contributed by atoms with E-state index in [4.69, 9.17) is 18.0 Å². The maximum atomic E-state index is 5.61. The molecule has 18 heavy (non-hydrogen) atoms. The van der Waals surface area contributed by atoms with E-state index in [9.17, 15) is 0 Å². The highest BCUT2D eigenvalue weighted by atomic mass is 79.9. The second kappa shape index (κ2) is 6.53. The predicted octanol–water partition coefficient (Wildman–Crippen LogP) is 4.08. The highest BCUT2D eigenvalue weighted by molar-refractivity contribution is 9.10. The molecular formula is C14H19BrN2S. The van der Waals surface area contributed by atoms with Gasteiger partial charge < -0.3 is 11.1 Å². The van der Waals surface area contributed by atoms with Crippen LogP contribution in [0.5, 0.6) is 0 Å². The molecule has 0 aromatic heterocycles. The third-order valence-electron chi connectivity index (χ3n) is 3.56. The SMILES string of the molecule is NC(=S)c1ccc(NCC2CCCCC2)c(Br)c1. The van der Waals surface area contributed by atoms with Crippen LogP contribution in [0.15, 0.2) is 22.7 Å². The van der Waals surface area contributed by atoms with Crippen molar-refractivity contribution < 1.29 is 0 Å². The summed E-state index contributed by atoms with van der Waals surface area (Å²) >= 11 is 8.53. The van der Waals surface area contributed by atoms with Crippen molar-refractivity contribution in [3.05, 3.63) is 28.2 Å². The van der Waals surface area contributed by atoms with E-state index >= 15 is 0 Å². The predicted molar refractivity (Wildman–Crippen MR) is 85.1 cm³/mol. The third-order valence-corrected chi connectivity index (χ3v) is 4.45. The molecule has 0 heterocycles. The lowest BCUT2D eigenvalue weighted by Gasteiger charge is -2.22. The Kier molecular flexibility index (Phi) is 5.01. The summed E-state index contributed by atoms with van der Waals surface area (Å²) in [5.41, 5.74) is 7.64. The molecule has 98 valence electrons. The highest BCUT2D eigenvalue weighted by Gasteiger charge is 2.13. The molecule has 4 heteroatoms. The van der Waals surface area contributed by atoms with Crippen molar-refractivity contribution in [1.82, 2.24) is 0 Å². The number of benzene rings is 1. The van der Waals surface area contributed by atoms with Gasteiger partial charge in [0, 0.05) is 22.3 Å². The normalized spacial score (nSPS) is 16.5. The highest BCUT2D eigenvalue weighted by Crippen LogP contribution is 2.27. The first-order valence-electron chi connectivity index (χ1n) is 6.50. The third kappa shape index (κ3) is 3.69. The van der Waals surface area contributed by atoms with Crippen LogP contribution in [0.4, 0.5) is 5.69 Å². The Bertz CT molecular complexity index is 428. The number of hydrogen-bond donors (Lipinski definition) is 2. The van der Waals surface area contributed by atoms with E-state index in [0.717, 1.165) is 28.2 Å². The summed E-state index contributed by atoms with van der Waals surface area (Å²) in [6, 6.07) is 5.99. The van der Waals surface area contributed by atoms with Crippen LogP contribution in [0.3, 0.4) is 0 Å². The van der Waals surface area contributed by atoms with Crippen LogP contribution in [0.25, 0.3) is 0 Å². The Hall–Kier alpha value is -0.610. The quantitative estimate of drug-likeness (QED) is 0.819. The summed E-state index contributed by atoms with van der Waals surface area (Å²) in [7, 11) is 0. The minimum Gasteiger partial charge on any atom is -0.389 e. The van der Waals surface area contributed by atoms with Crippen molar-refractivity contribution in [2.75, 3.05) is 11.9 Å². The van der Waals surface area contributed by atoms with Gasteiger partial charge in [0.05, 0.1) is 0 Å². The zero-order valence-corrected chi connectivity index (χ0v) is 12.8. The minimum atomic E-state index is 0.439. The molecule has 0 atom stereocenters. The van der Waals surface area contributed by atoms with Crippen LogP contribution in [0, 0.1) is 5.92 Å². The first-order valence-corrected chi connectivity index (χ1v) is 7.70. The number of halogens is 1. The van der Waals surface area contributed by atoms with Crippen molar-refractivity contribution in [2.24, 2.45) is 11.7 Å². The Labute approximate surface area is 122 Å². The molecule has 1 fully saturated rings. The molecule has 0 spiro atoms. The van der Waals surface area contributed by atoms with Crippen molar-refractivity contribution in [1.29, 1.82) is 0 Å². The Morgan fingerprint density at radius 2 is 2.06 bits per heavy atom. The molecule has 1 aliphatic rings. The Morgan fingerprint density at radius 3 is 2.67 bits per heavy atom. The Balaban J connectivity index is 1.94. The number of nitrogens with two attached hydrogens (primary N) is 1. The van der Waals surface area contributed by atoms with Gasteiger partial charge in [0.1, 0.15) is 4.99 Å². The van der Waals surface area contributed by atoms with E-state index < -0.39 is 0 Å². The smallest absolute Gasteiger partial charge is 0.104 e. The first kappa shape index (κ1) is 13.8. The molecule has 0 amide bonds. The van der Waals surface area contributed by atoms with Gasteiger partial charge in [0.15, 0.2) is 0 Å². The van der Waals surface area contributed by atoms with Crippen LogP contribution in [-0.4, -0.2) is 11.5 Å². The maximum absolute atomic E-state index is 5.61. The lowest BCUT2D eigenvalue weighted by molar-refractivity contribution is 0.373. The zero-order valence-electron chi connectivity index (χ0n) is 10.4. The zero-order chi connectivity index (χ0) is 13.0. The fourth-order valence-electron chi connectivity index (χ4n) is 2.46. The fourth-order valence-corrected chi connectivity index (χ4v) is 3.10. The summed E-state index contributed by atoms with van der Waals surface area (Å²) in [6.45, 7) is 1.06.